The monoisotopic (exact) mass is 267 g/mol. The molecule has 0 spiro atoms. The molecule has 0 bridgehead atoms. The summed E-state index contributed by atoms with van der Waals surface area (Å²) < 4.78 is 15.5. The predicted molar refractivity (Wildman–Crippen MR) is 70.2 cm³/mol. The Morgan fingerprint density at radius 1 is 1.39 bits per heavy atom. The summed E-state index contributed by atoms with van der Waals surface area (Å²) in [6.45, 7) is 3.15. The second-order valence-corrected chi connectivity index (χ2v) is 4.62. The summed E-state index contributed by atoms with van der Waals surface area (Å²) in [4.78, 5) is 0. The summed E-state index contributed by atoms with van der Waals surface area (Å²) in [5.74, 6) is -0.299. The molecule has 1 aromatic carbocycles. The number of hydrogen-bond donors (Lipinski definition) is 1. The number of hydrogen-bond acceptors (Lipinski definition) is 2. The van der Waals surface area contributed by atoms with Crippen LogP contribution in [-0.2, 0) is 13.1 Å². The quantitative estimate of drug-likeness (QED) is 0.923. The van der Waals surface area contributed by atoms with Crippen molar-refractivity contribution in [3.8, 4) is 0 Å². The Morgan fingerprint density at radius 2 is 2.17 bits per heavy atom. The van der Waals surface area contributed by atoms with E-state index in [1.807, 2.05) is 14.0 Å². The summed E-state index contributed by atoms with van der Waals surface area (Å²) in [5, 5.41) is 7.75. The molecule has 0 aliphatic heterocycles. The number of benzene rings is 1. The van der Waals surface area contributed by atoms with Crippen molar-refractivity contribution in [1.82, 2.24) is 15.1 Å². The molecule has 0 fully saturated rings. The van der Waals surface area contributed by atoms with Gasteiger partial charge in [0.2, 0.25) is 0 Å². The van der Waals surface area contributed by atoms with Gasteiger partial charge >= 0.3 is 0 Å². The lowest BCUT2D eigenvalue weighted by Gasteiger charge is -2.07. The minimum absolute atomic E-state index is 0.299. The third-order valence-corrected chi connectivity index (χ3v) is 3.14. The zero-order chi connectivity index (χ0) is 13.1. The first-order valence-electron chi connectivity index (χ1n) is 5.71. The van der Waals surface area contributed by atoms with Crippen LogP contribution in [0.15, 0.2) is 24.4 Å². The Morgan fingerprint density at radius 3 is 2.83 bits per heavy atom. The van der Waals surface area contributed by atoms with E-state index in [9.17, 15) is 4.39 Å². The van der Waals surface area contributed by atoms with Crippen molar-refractivity contribution in [2.45, 2.75) is 20.0 Å². The van der Waals surface area contributed by atoms with Crippen LogP contribution in [0.2, 0.25) is 5.02 Å². The van der Waals surface area contributed by atoms with Crippen molar-refractivity contribution in [2.24, 2.45) is 0 Å². The topological polar surface area (TPSA) is 29.9 Å². The van der Waals surface area contributed by atoms with Crippen LogP contribution in [0, 0.1) is 12.7 Å². The maximum absolute atomic E-state index is 13.7. The van der Waals surface area contributed by atoms with Gasteiger partial charge in [-0.2, -0.15) is 5.10 Å². The fourth-order valence-electron chi connectivity index (χ4n) is 1.82. The maximum atomic E-state index is 13.7. The molecule has 0 atom stereocenters. The largest absolute Gasteiger partial charge is 0.316 e. The van der Waals surface area contributed by atoms with Crippen LogP contribution in [0.4, 0.5) is 4.39 Å². The van der Waals surface area contributed by atoms with Gasteiger partial charge in [0.15, 0.2) is 0 Å². The molecule has 1 N–H and O–H groups in total. The second kappa shape index (κ2) is 5.50. The summed E-state index contributed by atoms with van der Waals surface area (Å²) in [6.07, 6.45) is 1.81. The molecule has 2 rings (SSSR count). The van der Waals surface area contributed by atoms with E-state index in [2.05, 4.69) is 10.4 Å². The van der Waals surface area contributed by atoms with Crippen LogP contribution in [0.1, 0.15) is 16.8 Å². The van der Waals surface area contributed by atoms with Gasteiger partial charge in [0.1, 0.15) is 5.82 Å². The Hall–Kier alpha value is -1.39. The standard InChI is InChI=1S/C13H15ClFN3/c1-9-11(6-16-2)7-17-18(9)8-10-3-4-12(14)5-13(10)15/h3-5,7,16H,6,8H2,1-2H3. The minimum Gasteiger partial charge on any atom is -0.316 e. The molecule has 0 unspecified atom stereocenters. The lowest BCUT2D eigenvalue weighted by atomic mass is 10.2. The molecule has 0 saturated heterocycles. The van der Waals surface area contributed by atoms with Gasteiger partial charge in [0.05, 0.1) is 12.7 Å². The zero-order valence-corrected chi connectivity index (χ0v) is 11.1. The van der Waals surface area contributed by atoms with Crippen molar-refractivity contribution in [3.63, 3.8) is 0 Å². The van der Waals surface area contributed by atoms with Gasteiger partial charge in [0, 0.05) is 28.4 Å². The summed E-state index contributed by atoms with van der Waals surface area (Å²) in [6, 6.07) is 4.70. The van der Waals surface area contributed by atoms with Gasteiger partial charge in [-0.1, -0.05) is 17.7 Å². The highest BCUT2D eigenvalue weighted by molar-refractivity contribution is 6.30. The van der Waals surface area contributed by atoms with Gasteiger partial charge in [-0.3, -0.25) is 4.68 Å². The van der Waals surface area contributed by atoms with E-state index in [-0.39, 0.29) is 5.82 Å². The Bertz CT molecular complexity index is 551. The first kappa shape index (κ1) is 13.1. The second-order valence-electron chi connectivity index (χ2n) is 4.18. The molecule has 18 heavy (non-hydrogen) atoms. The molecule has 5 heteroatoms. The SMILES string of the molecule is CNCc1cnn(Cc2ccc(Cl)cc2F)c1C. The lowest BCUT2D eigenvalue weighted by Crippen LogP contribution is -2.08. The maximum Gasteiger partial charge on any atom is 0.129 e. The Kier molecular flexibility index (Phi) is 3.99. The van der Waals surface area contributed by atoms with Crippen LogP contribution in [-0.4, -0.2) is 16.8 Å². The van der Waals surface area contributed by atoms with E-state index in [1.165, 1.54) is 6.07 Å². The highest BCUT2D eigenvalue weighted by atomic mass is 35.5. The molecule has 1 heterocycles. The Balaban J connectivity index is 2.23. The molecule has 0 radical (unpaired) electrons. The number of nitrogens with zero attached hydrogens (tertiary/aromatic N) is 2. The predicted octanol–water partition coefficient (Wildman–Crippen LogP) is 2.75. The first-order chi connectivity index (χ1) is 8.61. The average Bonchev–Trinajstić information content (AvgIpc) is 2.66. The van der Waals surface area contributed by atoms with E-state index >= 15 is 0 Å². The van der Waals surface area contributed by atoms with Crippen LogP contribution in [0.3, 0.4) is 0 Å². The van der Waals surface area contributed by atoms with Gasteiger partial charge in [-0.25, -0.2) is 4.39 Å². The highest BCUT2D eigenvalue weighted by Gasteiger charge is 2.09. The van der Waals surface area contributed by atoms with Crippen LogP contribution in [0.25, 0.3) is 0 Å². The van der Waals surface area contributed by atoms with Gasteiger partial charge in [-0.05, 0) is 26.1 Å². The number of rotatable bonds is 4. The third kappa shape index (κ3) is 2.71. The molecule has 0 amide bonds. The van der Waals surface area contributed by atoms with Gasteiger partial charge in [0.25, 0.3) is 0 Å². The first-order valence-corrected chi connectivity index (χ1v) is 6.09. The van der Waals surface area contributed by atoms with E-state index in [0.29, 0.717) is 17.1 Å². The lowest BCUT2D eigenvalue weighted by molar-refractivity contribution is 0.579. The van der Waals surface area contributed by atoms with E-state index in [4.69, 9.17) is 11.6 Å². The van der Waals surface area contributed by atoms with Crippen molar-refractivity contribution >= 4 is 11.6 Å². The molecule has 0 aliphatic carbocycles. The normalized spacial score (nSPS) is 10.9. The van der Waals surface area contributed by atoms with Gasteiger partial charge < -0.3 is 5.32 Å². The Labute approximate surface area is 111 Å². The average molecular weight is 268 g/mol. The molecule has 0 saturated carbocycles. The summed E-state index contributed by atoms with van der Waals surface area (Å²) in [5.41, 5.74) is 2.74. The molecular weight excluding hydrogens is 253 g/mol. The van der Waals surface area contributed by atoms with Crippen molar-refractivity contribution in [1.29, 1.82) is 0 Å². The molecular formula is C13H15ClFN3. The van der Waals surface area contributed by atoms with E-state index in [1.54, 1.807) is 23.0 Å². The van der Waals surface area contributed by atoms with Gasteiger partial charge in [-0.15, -0.1) is 0 Å². The highest BCUT2D eigenvalue weighted by Crippen LogP contribution is 2.17. The van der Waals surface area contributed by atoms with E-state index < -0.39 is 0 Å². The fourth-order valence-corrected chi connectivity index (χ4v) is 1.98. The van der Waals surface area contributed by atoms with E-state index in [0.717, 1.165) is 17.8 Å². The zero-order valence-electron chi connectivity index (χ0n) is 10.4. The van der Waals surface area contributed by atoms with Crippen molar-refractivity contribution in [2.75, 3.05) is 7.05 Å². The number of halogens is 2. The summed E-state index contributed by atoms with van der Waals surface area (Å²) in [7, 11) is 1.88. The third-order valence-electron chi connectivity index (χ3n) is 2.91. The molecule has 3 nitrogen and oxygen atoms in total. The fraction of sp³-hybridized carbons (Fsp3) is 0.308. The van der Waals surface area contributed by atoms with Crippen molar-refractivity contribution < 1.29 is 4.39 Å². The molecule has 2 aromatic rings. The van der Waals surface area contributed by atoms with Crippen molar-refractivity contribution in [3.05, 3.63) is 52.1 Å². The smallest absolute Gasteiger partial charge is 0.129 e. The molecule has 96 valence electrons. The van der Waals surface area contributed by atoms with Crippen LogP contribution in [0.5, 0.6) is 0 Å². The van der Waals surface area contributed by atoms with Crippen LogP contribution < -0.4 is 5.32 Å². The molecule has 1 aromatic heterocycles. The number of nitrogens with one attached hydrogen (secondary N) is 1. The summed E-state index contributed by atoms with van der Waals surface area (Å²) >= 11 is 5.73. The minimum atomic E-state index is -0.299. The van der Waals surface area contributed by atoms with Crippen LogP contribution >= 0.6 is 11.6 Å². The molecule has 0 aliphatic rings. The number of aromatic nitrogens is 2.